The summed E-state index contributed by atoms with van der Waals surface area (Å²) in [5.41, 5.74) is 0.491. The molecule has 0 radical (unpaired) electrons. The molecule has 1 N–H and O–H groups in total. The summed E-state index contributed by atoms with van der Waals surface area (Å²) < 4.78 is 0.364. The van der Waals surface area contributed by atoms with E-state index in [1.165, 1.54) is 32.1 Å². The first-order valence-electron chi connectivity index (χ1n) is 6.82. The first kappa shape index (κ1) is 13.3. The average Bonchev–Trinajstić information content (AvgIpc) is 2.43. The molecule has 0 amide bonds. The van der Waals surface area contributed by atoms with Crippen molar-refractivity contribution in [3.05, 3.63) is 21.6 Å². The van der Waals surface area contributed by atoms with Gasteiger partial charge in [-0.25, -0.2) is 5.10 Å². The Labute approximate surface area is 121 Å². The predicted octanol–water partition coefficient (Wildman–Crippen LogP) is 2.68. The van der Waals surface area contributed by atoms with E-state index >= 15 is 0 Å². The zero-order chi connectivity index (χ0) is 13.3. The number of aromatic amines is 1. The molecule has 2 aliphatic rings. The first-order chi connectivity index (χ1) is 9.20. The fourth-order valence-corrected chi connectivity index (χ4v) is 4.92. The largest absolute Gasteiger partial charge is 0.367 e. The minimum absolute atomic E-state index is 0.271. The molecule has 1 saturated carbocycles. The minimum atomic E-state index is -0.296. The smallest absolute Gasteiger partial charge is 0.285 e. The number of H-pyrrole nitrogens is 1. The van der Waals surface area contributed by atoms with Crippen molar-refractivity contribution >= 4 is 29.1 Å². The second-order valence-electron chi connectivity index (χ2n) is 5.41. The minimum Gasteiger partial charge on any atom is -0.367 e. The number of anilines is 1. The molecule has 1 aliphatic carbocycles. The molecule has 1 aromatic heterocycles. The highest BCUT2D eigenvalue weighted by molar-refractivity contribution is 8.00. The zero-order valence-electron chi connectivity index (χ0n) is 10.8. The number of nitrogens with zero attached hydrogens (tertiary/aromatic N) is 2. The van der Waals surface area contributed by atoms with E-state index in [0.29, 0.717) is 4.75 Å². The zero-order valence-corrected chi connectivity index (χ0v) is 12.4. The highest BCUT2D eigenvalue weighted by Crippen LogP contribution is 2.44. The Balaban J connectivity index is 1.85. The van der Waals surface area contributed by atoms with Gasteiger partial charge in [0.25, 0.3) is 5.56 Å². The monoisotopic (exact) mass is 299 g/mol. The van der Waals surface area contributed by atoms with Crippen molar-refractivity contribution in [1.82, 2.24) is 10.2 Å². The van der Waals surface area contributed by atoms with Crippen LogP contribution in [0.3, 0.4) is 0 Å². The molecule has 0 unspecified atom stereocenters. The summed E-state index contributed by atoms with van der Waals surface area (Å²) in [7, 11) is 0. The molecule has 0 atom stereocenters. The van der Waals surface area contributed by atoms with Crippen LogP contribution in [-0.2, 0) is 0 Å². The molecule has 3 rings (SSSR count). The molecule has 0 bridgehead atoms. The van der Waals surface area contributed by atoms with Crippen molar-refractivity contribution in [1.29, 1.82) is 0 Å². The number of hydrogen-bond acceptors (Lipinski definition) is 4. The van der Waals surface area contributed by atoms with Crippen molar-refractivity contribution in [3.63, 3.8) is 0 Å². The Morgan fingerprint density at radius 2 is 2.16 bits per heavy atom. The number of hydrogen-bond donors (Lipinski definition) is 1. The number of nitrogens with one attached hydrogen (secondary N) is 1. The van der Waals surface area contributed by atoms with E-state index in [2.05, 4.69) is 26.9 Å². The average molecular weight is 300 g/mol. The lowest BCUT2D eigenvalue weighted by molar-refractivity contribution is 0.391. The van der Waals surface area contributed by atoms with E-state index < -0.39 is 0 Å². The number of rotatable bonds is 1. The Bertz CT molecular complexity index is 507. The summed E-state index contributed by atoms with van der Waals surface area (Å²) >= 11 is 8.23. The van der Waals surface area contributed by atoms with Gasteiger partial charge < -0.3 is 4.90 Å². The van der Waals surface area contributed by atoms with Crippen LogP contribution < -0.4 is 10.5 Å². The van der Waals surface area contributed by atoms with E-state index in [1.54, 1.807) is 6.20 Å². The van der Waals surface area contributed by atoms with Gasteiger partial charge in [-0.05, 0) is 12.8 Å². The van der Waals surface area contributed by atoms with Crippen LogP contribution >= 0.6 is 23.4 Å². The third-order valence-electron chi connectivity index (χ3n) is 4.13. The van der Waals surface area contributed by atoms with Gasteiger partial charge in [-0.1, -0.05) is 30.9 Å². The van der Waals surface area contributed by atoms with Crippen LogP contribution in [0.1, 0.15) is 32.1 Å². The van der Waals surface area contributed by atoms with Crippen molar-refractivity contribution < 1.29 is 0 Å². The van der Waals surface area contributed by atoms with Gasteiger partial charge in [-0.3, -0.25) is 4.79 Å². The van der Waals surface area contributed by atoms with Crippen LogP contribution in [0.4, 0.5) is 5.69 Å². The standard InChI is InChI=1S/C13H18ClN3OS/c14-11-10(8-15-16-12(11)18)17-6-7-19-13(9-17)4-2-1-3-5-13/h8H,1-7,9H2,(H,16,18). The second-order valence-corrected chi connectivity index (χ2v) is 7.35. The van der Waals surface area contributed by atoms with Crippen LogP contribution in [-0.4, -0.2) is 33.8 Å². The van der Waals surface area contributed by atoms with E-state index in [-0.39, 0.29) is 10.6 Å². The van der Waals surface area contributed by atoms with Crippen molar-refractivity contribution in [2.45, 2.75) is 36.9 Å². The van der Waals surface area contributed by atoms with Crippen molar-refractivity contribution in [2.75, 3.05) is 23.7 Å². The van der Waals surface area contributed by atoms with Gasteiger partial charge in [0.15, 0.2) is 0 Å². The molecule has 1 saturated heterocycles. The van der Waals surface area contributed by atoms with Crippen LogP contribution in [0.5, 0.6) is 0 Å². The van der Waals surface area contributed by atoms with Crippen molar-refractivity contribution in [3.8, 4) is 0 Å². The van der Waals surface area contributed by atoms with Gasteiger partial charge in [-0.15, -0.1) is 0 Å². The lowest BCUT2D eigenvalue weighted by Crippen LogP contribution is -2.48. The molecule has 0 aromatic carbocycles. The van der Waals surface area contributed by atoms with E-state index in [0.717, 1.165) is 24.5 Å². The fraction of sp³-hybridized carbons (Fsp3) is 0.692. The fourth-order valence-electron chi connectivity index (χ4n) is 3.14. The van der Waals surface area contributed by atoms with Crippen molar-refractivity contribution in [2.24, 2.45) is 0 Å². The highest BCUT2D eigenvalue weighted by Gasteiger charge is 2.37. The molecule has 2 fully saturated rings. The third kappa shape index (κ3) is 2.63. The molecule has 19 heavy (non-hydrogen) atoms. The second kappa shape index (κ2) is 5.37. The Hall–Kier alpha value is -0.680. The summed E-state index contributed by atoms with van der Waals surface area (Å²) in [5.74, 6) is 1.10. The lowest BCUT2D eigenvalue weighted by atomic mass is 9.87. The molecule has 6 heteroatoms. The summed E-state index contributed by atoms with van der Waals surface area (Å²) in [6, 6.07) is 0. The van der Waals surface area contributed by atoms with Gasteiger partial charge in [0.1, 0.15) is 5.02 Å². The normalized spacial score (nSPS) is 22.7. The quantitative estimate of drug-likeness (QED) is 0.866. The molecule has 1 spiro atoms. The summed E-state index contributed by atoms with van der Waals surface area (Å²) in [5, 5.41) is 6.54. The van der Waals surface area contributed by atoms with Gasteiger partial charge in [0.2, 0.25) is 0 Å². The molecule has 2 heterocycles. The lowest BCUT2D eigenvalue weighted by Gasteiger charge is -2.45. The predicted molar refractivity (Wildman–Crippen MR) is 80.4 cm³/mol. The number of halogens is 1. The summed E-state index contributed by atoms with van der Waals surface area (Å²) in [6.45, 7) is 1.93. The molecule has 1 aliphatic heterocycles. The van der Waals surface area contributed by atoms with Crippen LogP contribution in [0.2, 0.25) is 5.02 Å². The molecular weight excluding hydrogens is 282 g/mol. The summed E-state index contributed by atoms with van der Waals surface area (Å²) in [4.78, 5) is 13.8. The number of aromatic nitrogens is 2. The molecule has 104 valence electrons. The number of thioether (sulfide) groups is 1. The van der Waals surface area contributed by atoms with Crippen LogP contribution in [0, 0.1) is 0 Å². The van der Waals surface area contributed by atoms with E-state index in [9.17, 15) is 4.79 Å². The Morgan fingerprint density at radius 1 is 1.37 bits per heavy atom. The van der Waals surface area contributed by atoms with Crippen LogP contribution in [0.25, 0.3) is 0 Å². The maximum absolute atomic E-state index is 11.6. The van der Waals surface area contributed by atoms with Gasteiger partial charge in [0, 0.05) is 23.6 Å². The maximum Gasteiger partial charge on any atom is 0.285 e. The Morgan fingerprint density at radius 3 is 2.95 bits per heavy atom. The third-order valence-corrected chi connectivity index (χ3v) is 6.03. The van der Waals surface area contributed by atoms with E-state index in [1.807, 2.05) is 0 Å². The first-order valence-corrected chi connectivity index (χ1v) is 8.19. The SMILES string of the molecule is O=c1[nH]ncc(N2CCSC3(CCCCC3)C2)c1Cl. The van der Waals surface area contributed by atoms with Gasteiger partial charge in [0.05, 0.1) is 11.9 Å². The highest BCUT2D eigenvalue weighted by atomic mass is 35.5. The topological polar surface area (TPSA) is 49.0 Å². The van der Waals surface area contributed by atoms with E-state index in [4.69, 9.17) is 11.6 Å². The molecule has 1 aromatic rings. The van der Waals surface area contributed by atoms with Gasteiger partial charge >= 0.3 is 0 Å². The Kier molecular flexibility index (Phi) is 3.76. The van der Waals surface area contributed by atoms with Crippen LogP contribution in [0.15, 0.2) is 11.0 Å². The molecule has 4 nitrogen and oxygen atoms in total. The molecular formula is C13H18ClN3OS. The maximum atomic E-state index is 11.6. The van der Waals surface area contributed by atoms with Gasteiger partial charge in [-0.2, -0.15) is 16.9 Å². The summed E-state index contributed by atoms with van der Waals surface area (Å²) in [6.07, 6.45) is 8.24.